The molecule has 2 aliphatic heterocycles. The lowest BCUT2D eigenvalue weighted by molar-refractivity contribution is -0.0958. The van der Waals surface area contributed by atoms with Crippen LogP contribution in [0.3, 0.4) is 0 Å². The van der Waals surface area contributed by atoms with Gasteiger partial charge < -0.3 is 14.8 Å². The normalized spacial score (nSPS) is 30.5. The average molecular weight is 307 g/mol. The fourth-order valence-electron chi connectivity index (χ4n) is 3.14. The highest BCUT2D eigenvalue weighted by Gasteiger charge is 2.41. The molecule has 0 bridgehead atoms. The molecule has 0 saturated carbocycles. The molecule has 0 aliphatic carbocycles. The Kier molecular flexibility index (Phi) is 4.77. The summed E-state index contributed by atoms with van der Waals surface area (Å²) < 4.78 is 12.3. The van der Waals surface area contributed by atoms with Crippen molar-refractivity contribution in [3.8, 4) is 5.75 Å². The molecule has 0 radical (unpaired) electrons. The lowest BCUT2D eigenvalue weighted by Gasteiger charge is -2.37. The molecule has 0 amide bonds. The number of thioether (sulfide) groups is 1. The highest BCUT2D eigenvalue weighted by atomic mass is 32.2. The average Bonchev–Trinajstić information content (AvgIpc) is 2.95. The van der Waals surface area contributed by atoms with E-state index in [1.54, 1.807) is 0 Å². The molecule has 116 valence electrons. The first kappa shape index (κ1) is 15.2. The topological polar surface area (TPSA) is 30.5 Å². The van der Waals surface area contributed by atoms with Crippen LogP contribution in [0.25, 0.3) is 0 Å². The minimum absolute atomic E-state index is 0.0914. The predicted octanol–water partition coefficient (Wildman–Crippen LogP) is 3.40. The predicted molar refractivity (Wildman–Crippen MR) is 88.2 cm³/mol. The quantitative estimate of drug-likeness (QED) is 0.923. The van der Waals surface area contributed by atoms with Crippen LogP contribution < -0.4 is 10.1 Å². The van der Waals surface area contributed by atoms with Gasteiger partial charge >= 0.3 is 0 Å². The zero-order valence-corrected chi connectivity index (χ0v) is 13.7. The molecular formula is C17H25NO2S. The number of ether oxygens (including phenoxy) is 2. The van der Waals surface area contributed by atoms with Crippen molar-refractivity contribution < 1.29 is 9.47 Å². The van der Waals surface area contributed by atoms with Crippen molar-refractivity contribution in [1.29, 1.82) is 0 Å². The molecule has 2 aliphatic rings. The number of hydrogen-bond acceptors (Lipinski definition) is 4. The van der Waals surface area contributed by atoms with Crippen LogP contribution in [-0.4, -0.2) is 36.9 Å². The van der Waals surface area contributed by atoms with Crippen LogP contribution in [0.4, 0.5) is 0 Å². The smallest absolute Gasteiger partial charge is 0.119 e. The lowest BCUT2D eigenvalue weighted by atomic mass is 9.91. The Bertz CT molecular complexity index is 456. The fraction of sp³-hybridized carbons (Fsp3) is 0.647. The van der Waals surface area contributed by atoms with Crippen molar-refractivity contribution >= 4 is 11.8 Å². The van der Waals surface area contributed by atoms with Gasteiger partial charge in [-0.1, -0.05) is 12.1 Å². The first-order valence-electron chi connectivity index (χ1n) is 7.86. The second-order valence-corrected chi connectivity index (χ2v) is 7.25. The van der Waals surface area contributed by atoms with Crippen LogP contribution in [0.5, 0.6) is 5.75 Å². The maximum absolute atomic E-state index is 6.20. The highest BCUT2D eigenvalue weighted by molar-refractivity contribution is 7.99. The summed E-state index contributed by atoms with van der Waals surface area (Å²) >= 11 is 2.01. The number of hydrogen-bond donors (Lipinski definition) is 1. The number of benzene rings is 1. The Labute approximate surface area is 131 Å². The van der Waals surface area contributed by atoms with Crippen molar-refractivity contribution in [1.82, 2.24) is 5.32 Å². The molecule has 2 fully saturated rings. The summed E-state index contributed by atoms with van der Waals surface area (Å²) in [5.74, 6) is 3.34. The standard InChI is InChI=1S/C17H25NO2S/c1-13(18-2)14-3-5-15(6-4-14)20-16-7-9-19-17(11-16)8-10-21-12-17/h3-6,13,16,18H,7-12H2,1-2H3. The summed E-state index contributed by atoms with van der Waals surface area (Å²) in [7, 11) is 1.98. The van der Waals surface area contributed by atoms with Crippen LogP contribution in [-0.2, 0) is 4.74 Å². The van der Waals surface area contributed by atoms with Gasteiger partial charge in [-0.25, -0.2) is 0 Å². The third-order valence-corrected chi connectivity index (χ3v) is 5.85. The van der Waals surface area contributed by atoms with Gasteiger partial charge in [-0.3, -0.25) is 0 Å². The first-order chi connectivity index (χ1) is 10.2. The van der Waals surface area contributed by atoms with Gasteiger partial charge in [0.15, 0.2) is 0 Å². The monoisotopic (exact) mass is 307 g/mol. The Morgan fingerprint density at radius 3 is 2.86 bits per heavy atom. The van der Waals surface area contributed by atoms with Crippen LogP contribution in [0, 0.1) is 0 Å². The van der Waals surface area contributed by atoms with Gasteiger partial charge in [-0.2, -0.15) is 11.8 Å². The van der Waals surface area contributed by atoms with E-state index in [0.717, 1.165) is 31.0 Å². The zero-order valence-electron chi connectivity index (χ0n) is 12.9. The Hall–Kier alpha value is -0.710. The van der Waals surface area contributed by atoms with Crippen LogP contribution in [0.2, 0.25) is 0 Å². The lowest BCUT2D eigenvalue weighted by Crippen LogP contribution is -2.43. The fourth-order valence-corrected chi connectivity index (χ4v) is 4.52. The van der Waals surface area contributed by atoms with Crippen LogP contribution in [0.15, 0.2) is 24.3 Å². The molecule has 3 rings (SSSR count). The molecule has 1 spiro atoms. The minimum atomic E-state index is 0.0914. The van der Waals surface area contributed by atoms with E-state index in [1.807, 2.05) is 18.8 Å². The van der Waals surface area contributed by atoms with Gasteiger partial charge in [0.1, 0.15) is 11.9 Å². The second-order valence-electron chi connectivity index (χ2n) is 6.15. The molecule has 3 unspecified atom stereocenters. The highest BCUT2D eigenvalue weighted by Crippen LogP contribution is 2.39. The Morgan fingerprint density at radius 1 is 1.38 bits per heavy atom. The maximum atomic E-state index is 6.20. The minimum Gasteiger partial charge on any atom is -0.490 e. The third-order valence-electron chi connectivity index (χ3n) is 4.63. The molecule has 2 heterocycles. The Morgan fingerprint density at radius 2 is 2.19 bits per heavy atom. The zero-order chi connectivity index (χ0) is 14.7. The van der Waals surface area contributed by atoms with Gasteiger partial charge in [-0.05, 0) is 43.8 Å². The molecule has 4 heteroatoms. The summed E-state index contributed by atoms with van der Waals surface area (Å²) in [6.45, 7) is 3.00. The van der Waals surface area contributed by atoms with Gasteiger partial charge in [0, 0.05) is 24.6 Å². The van der Waals surface area contributed by atoms with Gasteiger partial charge in [0.2, 0.25) is 0 Å². The summed E-state index contributed by atoms with van der Waals surface area (Å²) in [6.07, 6.45) is 3.51. The summed E-state index contributed by atoms with van der Waals surface area (Å²) in [5.41, 5.74) is 1.38. The molecule has 0 aromatic heterocycles. The van der Waals surface area contributed by atoms with E-state index in [2.05, 4.69) is 36.5 Å². The van der Waals surface area contributed by atoms with E-state index in [4.69, 9.17) is 9.47 Å². The van der Waals surface area contributed by atoms with E-state index < -0.39 is 0 Å². The van der Waals surface area contributed by atoms with Gasteiger partial charge in [0.05, 0.1) is 12.2 Å². The first-order valence-corrected chi connectivity index (χ1v) is 9.02. The molecule has 21 heavy (non-hydrogen) atoms. The van der Waals surface area contributed by atoms with Gasteiger partial charge in [-0.15, -0.1) is 0 Å². The van der Waals surface area contributed by atoms with Crippen molar-refractivity contribution in [3.05, 3.63) is 29.8 Å². The van der Waals surface area contributed by atoms with E-state index in [9.17, 15) is 0 Å². The van der Waals surface area contributed by atoms with E-state index in [0.29, 0.717) is 12.1 Å². The maximum Gasteiger partial charge on any atom is 0.119 e. The van der Waals surface area contributed by atoms with Crippen molar-refractivity contribution in [2.24, 2.45) is 0 Å². The summed E-state index contributed by atoms with van der Waals surface area (Å²) in [6, 6.07) is 8.86. The van der Waals surface area contributed by atoms with Crippen LogP contribution >= 0.6 is 11.8 Å². The van der Waals surface area contributed by atoms with Gasteiger partial charge in [0.25, 0.3) is 0 Å². The molecule has 1 N–H and O–H groups in total. The molecular weight excluding hydrogens is 282 g/mol. The van der Waals surface area contributed by atoms with Crippen LogP contribution in [0.1, 0.15) is 37.8 Å². The van der Waals surface area contributed by atoms with Crippen molar-refractivity contribution in [2.75, 3.05) is 25.2 Å². The molecule has 3 atom stereocenters. The summed E-state index contributed by atoms with van der Waals surface area (Å²) in [4.78, 5) is 0. The number of nitrogens with one attached hydrogen (secondary N) is 1. The Balaban J connectivity index is 1.60. The molecule has 1 aromatic carbocycles. The van der Waals surface area contributed by atoms with E-state index in [-0.39, 0.29) is 5.60 Å². The number of rotatable bonds is 4. The summed E-state index contributed by atoms with van der Waals surface area (Å²) in [5, 5.41) is 3.26. The SMILES string of the molecule is CNC(C)c1ccc(OC2CCOC3(CCSC3)C2)cc1. The van der Waals surface area contributed by atoms with E-state index >= 15 is 0 Å². The van der Waals surface area contributed by atoms with E-state index in [1.165, 1.54) is 17.7 Å². The van der Waals surface area contributed by atoms with Crippen molar-refractivity contribution in [2.45, 2.75) is 43.9 Å². The largest absolute Gasteiger partial charge is 0.490 e. The molecule has 3 nitrogen and oxygen atoms in total. The third kappa shape index (κ3) is 3.55. The second kappa shape index (κ2) is 6.59. The molecule has 2 saturated heterocycles. The molecule has 1 aromatic rings. The van der Waals surface area contributed by atoms with Crippen molar-refractivity contribution in [3.63, 3.8) is 0 Å².